The molecule has 0 bridgehead atoms. The third kappa shape index (κ3) is 3.25. The highest BCUT2D eigenvalue weighted by Crippen LogP contribution is 2.49. The van der Waals surface area contributed by atoms with E-state index in [1.807, 2.05) is 48.5 Å². The van der Waals surface area contributed by atoms with Crippen LogP contribution < -0.4 is 0 Å². The van der Waals surface area contributed by atoms with Crippen LogP contribution in [0.1, 0.15) is 10.4 Å². The molecule has 34 heavy (non-hydrogen) atoms. The molecule has 0 unspecified atom stereocenters. The maximum Gasteiger partial charge on any atom is 0.150 e. The van der Waals surface area contributed by atoms with Crippen LogP contribution in [0.25, 0.3) is 48.4 Å². The van der Waals surface area contributed by atoms with E-state index in [-0.39, 0.29) is 11.6 Å². The van der Waals surface area contributed by atoms with Gasteiger partial charge in [0.15, 0.2) is 0 Å². The maximum atomic E-state index is 13.7. The van der Waals surface area contributed by atoms with E-state index in [0.29, 0.717) is 5.56 Å². The number of halogens is 2. The zero-order chi connectivity index (χ0) is 23.2. The van der Waals surface area contributed by atoms with Crippen molar-refractivity contribution in [2.45, 2.75) is 0 Å². The van der Waals surface area contributed by atoms with E-state index < -0.39 is 0 Å². The first-order chi connectivity index (χ1) is 16.6. The fourth-order valence-electron chi connectivity index (χ4n) is 4.47. The van der Waals surface area contributed by atoms with Gasteiger partial charge in [-0.1, -0.05) is 54.6 Å². The van der Waals surface area contributed by atoms with E-state index in [2.05, 4.69) is 4.57 Å². The largest absolute Gasteiger partial charge is 0.308 e. The van der Waals surface area contributed by atoms with Crippen molar-refractivity contribution in [3.05, 3.63) is 114 Å². The first-order valence-corrected chi connectivity index (χ1v) is 11.6. The van der Waals surface area contributed by atoms with Crippen LogP contribution in [0.3, 0.4) is 0 Å². The van der Waals surface area contributed by atoms with Crippen LogP contribution in [0.5, 0.6) is 0 Å². The van der Waals surface area contributed by atoms with Crippen molar-refractivity contribution in [2.75, 3.05) is 0 Å². The summed E-state index contributed by atoms with van der Waals surface area (Å²) in [5.74, 6) is -0.591. The Bertz CT molecular complexity index is 1660. The highest BCUT2D eigenvalue weighted by molar-refractivity contribution is 7.21. The SMILES string of the molecule is O=Cc1ccc2c3c(-c4ccc(F)cc4)sc(-c4ccc(F)cc4)c3n(-c3ccccc3)c2c1. The van der Waals surface area contributed by atoms with Gasteiger partial charge in [-0.05, 0) is 53.6 Å². The summed E-state index contributed by atoms with van der Waals surface area (Å²) in [6, 6.07) is 28.6. The standard InChI is InChI=1S/C29H17F2NOS/c30-21-11-7-19(8-12-21)28-26-24-15-6-18(17-33)16-25(24)32(23-4-2-1-3-5-23)27(26)29(34-28)20-9-13-22(31)14-10-20/h1-17H. The van der Waals surface area contributed by atoms with Gasteiger partial charge in [-0.2, -0.15) is 0 Å². The maximum absolute atomic E-state index is 13.7. The molecule has 164 valence electrons. The zero-order valence-corrected chi connectivity index (χ0v) is 18.7. The average Bonchev–Trinajstić information content (AvgIpc) is 3.41. The molecular formula is C29H17F2NOS. The molecule has 2 nitrogen and oxygen atoms in total. The van der Waals surface area contributed by atoms with E-state index in [0.717, 1.165) is 54.7 Å². The molecule has 6 aromatic rings. The molecular weight excluding hydrogens is 448 g/mol. The molecule has 0 aliphatic rings. The molecule has 0 saturated heterocycles. The van der Waals surface area contributed by atoms with Crippen molar-refractivity contribution in [2.24, 2.45) is 0 Å². The number of carbonyl (C=O) groups excluding carboxylic acids is 1. The predicted octanol–water partition coefficient (Wildman–Crippen LogP) is 8.27. The van der Waals surface area contributed by atoms with E-state index in [1.54, 1.807) is 35.6 Å². The first kappa shape index (κ1) is 20.5. The van der Waals surface area contributed by atoms with Crippen LogP contribution in [0.2, 0.25) is 0 Å². The molecule has 0 atom stereocenters. The topological polar surface area (TPSA) is 22.0 Å². The summed E-state index contributed by atoms with van der Waals surface area (Å²) in [5, 5.41) is 2.01. The van der Waals surface area contributed by atoms with Crippen LogP contribution in [-0.4, -0.2) is 10.9 Å². The molecule has 0 fully saturated rings. The number of aromatic nitrogens is 1. The third-order valence-corrected chi connectivity index (χ3v) is 7.28. The molecule has 4 aromatic carbocycles. The van der Waals surface area contributed by atoms with Crippen LogP contribution in [-0.2, 0) is 0 Å². The Labute approximate surface area is 198 Å². The second kappa shape index (κ2) is 8.04. The lowest BCUT2D eigenvalue weighted by Crippen LogP contribution is -1.94. The number of nitrogens with zero attached hydrogens (tertiary/aromatic N) is 1. The number of benzene rings is 4. The number of fused-ring (bicyclic) bond motifs is 3. The Morgan fingerprint density at radius 2 is 1.32 bits per heavy atom. The van der Waals surface area contributed by atoms with E-state index >= 15 is 0 Å². The minimum absolute atomic E-state index is 0.294. The van der Waals surface area contributed by atoms with Crippen LogP contribution in [0.15, 0.2) is 97.1 Å². The summed E-state index contributed by atoms with van der Waals surface area (Å²) in [6.07, 6.45) is 0.844. The number of hydrogen-bond acceptors (Lipinski definition) is 2. The van der Waals surface area contributed by atoms with E-state index in [4.69, 9.17) is 0 Å². The van der Waals surface area contributed by atoms with E-state index in [1.165, 1.54) is 24.3 Å². The summed E-state index contributed by atoms with van der Waals surface area (Å²) >= 11 is 1.60. The Morgan fingerprint density at radius 3 is 1.94 bits per heavy atom. The summed E-state index contributed by atoms with van der Waals surface area (Å²) in [5.41, 5.74) is 5.20. The van der Waals surface area contributed by atoms with Gasteiger partial charge in [-0.3, -0.25) is 4.79 Å². The van der Waals surface area contributed by atoms with Crippen LogP contribution >= 0.6 is 11.3 Å². The van der Waals surface area contributed by atoms with E-state index in [9.17, 15) is 13.6 Å². The summed E-state index contributed by atoms with van der Waals surface area (Å²) in [4.78, 5) is 13.6. The Hall–Kier alpha value is -4.09. The van der Waals surface area contributed by atoms with Crippen molar-refractivity contribution in [3.8, 4) is 26.6 Å². The fourth-order valence-corrected chi connectivity index (χ4v) is 5.78. The lowest BCUT2D eigenvalue weighted by molar-refractivity contribution is 0.112. The summed E-state index contributed by atoms with van der Waals surface area (Å²) in [6.45, 7) is 0. The van der Waals surface area contributed by atoms with Gasteiger partial charge in [0, 0.05) is 26.9 Å². The highest BCUT2D eigenvalue weighted by Gasteiger charge is 2.23. The van der Waals surface area contributed by atoms with Gasteiger partial charge in [0.05, 0.1) is 15.9 Å². The number of thiophene rings is 1. The second-order valence-corrected chi connectivity index (χ2v) is 9.08. The lowest BCUT2D eigenvalue weighted by atomic mass is 10.1. The normalized spacial score (nSPS) is 11.4. The number of hydrogen-bond donors (Lipinski definition) is 0. The molecule has 0 saturated carbocycles. The van der Waals surface area contributed by atoms with Crippen molar-refractivity contribution >= 4 is 39.4 Å². The molecule has 6 rings (SSSR count). The summed E-state index contributed by atoms with van der Waals surface area (Å²) < 4.78 is 29.6. The van der Waals surface area contributed by atoms with Crippen LogP contribution in [0.4, 0.5) is 8.78 Å². The average molecular weight is 466 g/mol. The van der Waals surface area contributed by atoms with Crippen molar-refractivity contribution < 1.29 is 13.6 Å². The number of aldehydes is 1. The molecule has 0 spiro atoms. The van der Waals surface area contributed by atoms with Gasteiger partial charge < -0.3 is 4.57 Å². The van der Waals surface area contributed by atoms with Gasteiger partial charge in [0.25, 0.3) is 0 Å². The van der Waals surface area contributed by atoms with Crippen molar-refractivity contribution in [3.63, 3.8) is 0 Å². The number of carbonyl (C=O) groups is 1. The highest BCUT2D eigenvalue weighted by atomic mass is 32.1. The van der Waals surface area contributed by atoms with Gasteiger partial charge in [0.1, 0.15) is 17.9 Å². The van der Waals surface area contributed by atoms with Gasteiger partial charge in [-0.25, -0.2) is 8.78 Å². The van der Waals surface area contributed by atoms with Gasteiger partial charge in [0.2, 0.25) is 0 Å². The fraction of sp³-hybridized carbons (Fsp3) is 0. The van der Waals surface area contributed by atoms with Crippen molar-refractivity contribution in [1.29, 1.82) is 0 Å². The zero-order valence-electron chi connectivity index (χ0n) is 17.8. The molecule has 2 aromatic heterocycles. The quantitative estimate of drug-likeness (QED) is 0.240. The Kier molecular flexibility index (Phi) is 4.85. The molecule has 0 radical (unpaired) electrons. The number of para-hydroxylation sites is 1. The minimum Gasteiger partial charge on any atom is -0.308 e. The molecule has 0 amide bonds. The minimum atomic E-state index is -0.297. The molecule has 5 heteroatoms. The number of rotatable bonds is 4. The third-order valence-electron chi connectivity index (χ3n) is 6.00. The van der Waals surface area contributed by atoms with Crippen LogP contribution in [0, 0.1) is 11.6 Å². The molecule has 2 heterocycles. The smallest absolute Gasteiger partial charge is 0.150 e. The van der Waals surface area contributed by atoms with Gasteiger partial charge >= 0.3 is 0 Å². The van der Waals surface area contributed by atoms with Gasteiger partial charge in [-0.15, -0.1) is 11.3 Å². The molecule has 0 aliphatic carbocycles. The first-order valence-electron chi connectivity index (χ1n) is 10.8. The van der Waals surface area contributed by atoms with Crippen molar-refractivity contribution in [1.82, 2.24) is 4.57 Å². The molecule has 0 N–H and O–H groups in total. The Balaban J connectivity index is 1.81. The second-order valence-electron chi connectivity index (χ2n) is 8.06. The Morgan fingerprint density at radius 1 is 0.706 bits per heavy atom. The summed E-state index contributed by atoms with van der Waals surface area (Å²) in [7, 11) is 0. The predicted molar refractivity (Wildman–Crippen MR) is 135 cm³/mol. The lowest BCUT2D eigenvalue weighted by Gasteiger charge is -2.09. The molecule has 0 aliphatic heterocycles. The monoisotopic (exact) mass is 465 g/mol.